The summed E-state index contributed by atoms with van der Waals surface area (Å²) >= 11 is 0. The molecule has 19 heavy (non-hydrogen) atoms. The van der Waals surface area contributed by atoms with Crippen molar-refractivity contribution in [2.24, 2.45) is 5.73 Å². The second-order valence-corrected chi connectivity index (χ2v) is 5.89. The van der Waals surface area contributed by atoms with E-state index in [1.54, 1.807) is 0 Å². The molecule has 1 aliphatic rings. The highest BCUT2D eigenvalue weighted by Crippen LogP contribution is 2.32. The fraction of sp³-hybridized carbons (Fsp3) is 0.533. The largest absolute Gasteiger partial charge is 0.441 e. The summed E-state index contributed by atoms with van der Waals surface area (Å²) in [5, 5.41) is 0. The number of nitrogens with two attached hydrogens (primary N) is 1. The normalized spacial score (nSPS) is 17.3. The van der Waals surface area contributed by atoms with E-state index in [1.165, 1.54) is 18.4 Å². The van der Waals surface area contributed by atoms with Gasteiger partial charge in [-0.15, -0.1) is 0 Å². The van der Waals surface area contributed by atoms with E-state index < -0.39 is 0 Å². The van der Waals surface area contributed by atoms with Crippen LogP contribution in [-0.4, -0.2) is 35.6 Å². The zero-order chi connectivity index (χ0) is 13.5. The standard InChI is InChI=1S/C15H21N3O/c1-11-17-13-9-12(3-4-14(13)19-11)5-8-18(2)10-15(16)6-7-15/h3-4,9H,5-8,10,16H2,1-2H3. The molecular weight excluding hydrogens is 238 g/mol. The van der Waals surface area contributed by atoms with Crippen LogP contribution in [-0.2, 0) is 6.42 Å². The monoisotopic (exact) mass is 259 g/mol. The molecule has 1 heterocycles. The Bertz CT molecular complexity index is 586. The second kappa shape index (κ2) is 4.62. The molecular formula is C15H21N3O. The minimum atomic E-state index is 0.0991. The quantitative estimate of drug-likeness (QED) is 0.893. The molecule has 1 aromatic heterocycles. The number of rotatable bonds is 5. The van der Waals surface area contributed by atoms with Crippen molar-refractivity contribution >= 4 is 11.1 Å². The van der Waals surface area contributed by atoms with Crippen LogP contribution in [0.1, 0.15) is 24.3 Å². The highest BCUT2D eigenvalue weighted by molar-refractivity contribution is 5.73. The summed E-state index contributed by atoms with van der Waals surface area (Å²) in [6.07, 6.45) is 3.36. The van der Waals surface area contributed by atoms with E-state index in [0.29, 0.717) is 0 Å². The number of oxazole rings is 1. The Labute approximate surface area is 113 Å². The van der Waals surface area contributed by atoms with Crippen LogP contribution in [0.25, 0.3) is 11.1 Å². The molecule has 0 saturated heterocycles. The van der Waals surface area contributed by atoms with Gasteiger partial charge >= 0.3 is 0 Å². The van der Waals surface area contributed by atoms with Gasteiger partial charge in [0.15, 0.2) is 11.5 Å². The molecule has 0 aliphatic heterocycles. The Morgan fingerprint density at radius 2 is 2.21 bits per heavy atom. The zero-order valence-corrected chi connectivity index (χ0v) is 11.6. The highest BCUT2D eigenvalue weighted by Gasteiger charge is 2.38. The number of aryl methyl sites for hydroxylation is 1. The fourth-order valence-electron chi connectivity index (χ4n) is 2.50. The molecule has 0 unspecified atom stereocenters. The van der Waals surface area contributed by atoms with Crippen LogP contribution >= 0.6 is 0 Å². The molecule has 0 radical (unpaired) electrons. The molecule has 102 valence electrons. The van der Waals surface area contributed by atoms with E-state index in [0.717, 1.165) is 36.5 Å². The molecule has 4 nitrogen and oxygen atoms in total. The minimum Gasteiger partial charge on any atom is -0.441 e. The van der Waals surface area contributed by atoms with Crippen molar-refractivity contribution in [3.63, 3.8) is 0 Å². The number of fused-ring (bicyclic) bond motifs is 1. The molecule has 0 atom stereocenters. The van der Waals surface area contributed by atoms with Crippen molar-refractivity contribution in [3.05, 3.63) is 29.7 Å². The molecule has 1 aromatic carbocycles. The number of hydrogen-bond acceptors (Lipinski definition) is 4. The predicted molar refractivity (Wildman–Crippen MR) is 76.1 cm³/mol. The van der Waals surface area contributed by atoms with Gasteiger partial charge in [0.2, 0.25) is 0 Å². The summed E-state index contributed by atoms with van der Waals surface area (Å²) in [4.78, 5) is 6.69. The fourth-order valence-corrected chi connectivity index (χ4v) is 2.50. The first-order chi connectivity index (χ1) is 9.04. The third kappa shape index (κ3) is 2.96. The number of hydrogen-bond donors (Lipinski definition) is 1. The van der Waals surface area contributed by atoms with Gasteiger partial charge in [0, 0.05) is 25.6 Å². The van der Waals surface area contributed by atoms with E-state index >= 15 is 0 Å². The predicted octanol–water partition coefficient (Wildman–Crippen LogP) is 2.10. The van der Waals surface area contributed by atoms with Crippen LogP contribution in [0.4, 0.5) is 0 Å². The van der Waals surface area contributed by atoms with Gasteiger partial charge in [0.25, 0.3) is 0 Å². The molecule has 0 bridgehead atoms. The van der Waals surface area contributed by atoms with Crippen molar-refractivity contribution in [1.82, 2.24) is 9.88 Å². The van der Waals surface area contributed by atoms with Crippen LogP contribution in [0.5, 0.6) is 0 Å². The van der Waals surface area contributed by atoms with Crippen LogP contribution in [0.3, 0.4) is 0 Å². The van der Waals surface area contributed by atoms with Gasteiger partial charge in [-0.3, -0.25) is 0 Å². The van der Waals surface area contributed by atoms with Crippen molar-refractivity contribution in [2.45, 2.75) is 31.7 Å². The summed E-state index contributed by atoms with van der Waals surface area (Å²) in [7, 11) is 2.14. The van der Waals surface area contributed by atoms with Crippen LogP contribution in [0.2, 0.25) is 0 Å². The zero-order valence-electron chi connectivity index (χ0n) is 11.6. The number of likely N-dealkylation sites (N-methyl/N-ethyl adjacent to an activating group) is 1. The summed E-state index contributed by atoms with van der Waals surface area (Å²) in [6, 6.07) is 6.25. The van der Waals surface area contributed by atoms with Crippen LogP contribution in [0.15, 0.2) is 22.6 Å². The molecule has 1 saturated carbocycles. The average Bonchev–Trinajstić information content (AvgIpc) is 2.95. The third-order valence-electron chi connectivity index (χ3n) is 3.82. The Morgan fingerprint density at radius 3 is 2.95 bits per heavy atom. The molecule has 1 aliphatic carbocycles. The third-order valence-corrected chi connectivity index (χ3v) is 3.82. The molecule has 4 heteroatoms. The first-order valence-corrected chi connectivity index (χ1v) is 6.88. The van der Waals surface area contributed by atoms with Crippen molar-refractivity contribution in [1.29, 1.82) is 0 Å². The topological polar surface area (TPSA) is 55.3 Å². The molecule has 1 fully saturated rings. The summed E-state index contributed by atoms with van der Waals surface area (Å²) in [5.74, 6) is 0.725. The minimum absolute atomic E-state index is 0.0991. The summed E-state index contributed by atoms with van der Waals surface area (Å²) in [5.41, 5.74) is 9.35. The lowest BCUT2D eigenvalue weighted by atomic mass is 10.1. The SMILES string of the molecule is Cc1nc2cc(CCN(C)CC3(N)CC3)ccc2o1. The smallest absolute Gasteiger partial charge is 0.192 e. The lowest BCUT2D eigenvalue weighted by Gasteiger charge is -2.20. The maximum atomic E-state index is 6.13. The van der Waals surface area contributed by atoms with Gasteiger partial charge in [-0.05, 0) is 44.0 Å². The molecule has 3 rings (SSSR count). The second-order valence-electron chi connectivity index (χ2n) is 5.89. The van der Waals surface area contributed by atoms with Gasteiger partial charge in [-0.1, -0.05) is 6.07 Å². The molecule has 2 N–H and O–H groups in total. The van der Waals surface area contributed by atoms with Gasteiger partial charge < -0.3 is 15.1 Å². The maximum Gasteiger partial charge on any atom is 0.192 e. The summed E-state index contributed by atoms with van der Waals surface area (Å²) < 4.78 is 5.48. The Balaban J connectivity index is 1.61. The highest BCUT2D eigenvalue weighted by atomic mass is 16.3. The number of nitrogens with zero attached hydrogens (tertiary/aromatic N) is 2. The van der Waals surface area contributed by atoms with Crippen molar-refractivity contribution < 1.29 is 4.42 Å². The first kappa shape index (κ1) is 12.6. The van der Waals surface area contributed by atoms with E-state index in [9.17, 15) is 0 Å². The van der Waals surface area contributed by atoms with Crippen molar-refractivity contribution in [2.75, 3.05) is 20.1 Å². The molecule has 0 spiro atoms. The lowest BCUT2D eigenvalue weighted by molar-refractivity contribution is 0.306. The first-order valence-electron chi connectivity index (χ1n) is 6.88. The Hall–Kier alpha value is -1.39. The summed E-state index contributed by atoms with van der Waals surface area (Å²) in [6.45, 7) is 3.91. The van der Waals surface area contributed by atoms with E-state index in [4.69, 9.17) is 10.2 Å². The van der Waals surface area contributed by atoms with Gasteiger partial charge in [-0.2, -0.15) is 0 Å². The Morgan fingerprint density at radius 1 is 1.42 bits per heavy atom. The van der Waals surface area contributed by atoms with E-state index in [-0.39, 0.29) is 5.54 Å². The van der Waals surface area contributed by atoms with Crippen molar-refractivity contribution in [3.8, 4) is 0 Å². The average molecular weight is 259 g/mol. The van der Waals surface area contributed by atoms with Gasteiger partial charge in [0.05, 0.1) is 0 Å². The van der Waals surface area contributed by atoms with E-state index in [2.05, 4.69) is 29.1 Å². The van der Waals surface area contributed by atoms with Crippen LogP contribution in [0, 0.1) is 6.92 Å². The van der Waals surface area contributed by atoms with E-state index in [1.807, 2.05) is 13.0 Å². The molecule has 2 aromatic rings. The number of benzene rings is 1. The number of aromatic nitrogens is 1. The Kier molecular flexibility index (Phi) is 3.07. The lowest BCUT2D eigenvalue weighted by Crippen LogP contribution is -2.38. The van der Waals surface area contributed by atoms with Gasteiger partial charge in [-0.25, -0.2) is 4.98 Å². The maximum absolute atomic E-state index is 6.13. The van der Waals surface area contributed by atoms with Gasteiger partial charge in [0.1, 0.15) is 5.52 Å². The van der Waals surface area contributed by atoms with Crippen LogP contribution < -0.4 is 5.73 Å². The molecule has 0 amide bonds.